The molecule has 21 heavy (non-hydrogen) atoms. The molecule has 0 aliphatic rings. The summed E-state index contributed by atoms with van der Waals surface area (Å²) in [5, 5.41) is 0. The van der Waals surface area contributed by atoms with E-state index in [0.717, 1.165) is 16.8 Å². The van der Waals surface area contributed by atoms with Crippen LogP contribution < -0.4 is 9.47 Å². The zero-order valence-corrected chi connectivity index (χ0v) is 12.8. The predicted molar refractivity (Wildman–Crippen MR) is 80.6 cm³/mol. The van der Waals surface area contributed by atoms with E-state index in [1.54, 1.807) is 13.2 Å². The molecule has 0 unspecified atom stereocenters. The molecule has 0 saturated carbocycles. The average Bonchev–Trinajstić information content (AvgIpc) is 2.54. The van der Waals surface area contributed by atoms with Gasteiger partial charge in [0.05, 0.1) is 26.0 Å². The summed E-state index contributed by atoms with van der Waals surface area (Å²) in [6.45, 7) is 4.72. The van der Waals surface area contributed by atoms with Crippen molar-refractivity contribution in [1.29, 1.82) is 0 Å². The van der Waals surface area contributed by atoms with Crippen LogP contribution >= 0.6 is 0 Å². The molecule has 2 aromatic rings. The molecule has 0 saturated heterocycles. The van der Waals surface area contributed by atoms with Crippen molar-refractivity contribution in [3.8, 4) is 23.1 Å². The van der Waals surface area contributed by atoms with Crippen molar-refractivity contribution in [1.82, 2.24) is 9.97 Å². The molecular formula is C16H20N2O3. The highest BCUT2D eigenvalue weighted by Crippen LogP contribution is 2.25. The van der Waals surface area contributed by atoms with Crippen LogP contribution in [0.1, 0.15) is 25.5 Å². The summed E-state index contributed by atoms with van der Waals surface area (Å²) in [7, 11) is 3.10. The van der Waals surface area contributed by atoms with Gasteiger partial charge in [0, 0.05) is 18.2 Å². The zero-order chi connectivity index (χ0) is 15.2. The summed E-state index contributed by atoms with van der Waals surface area (Å²) in [4.78, 5) is 8.43. The third kappa shape index (κ3) is 3.70. The van der Waals surface area contributed by atoms with E-state index in [1.165, 1.54) is 7.11 Å². The molecule has 0 aliphatic carbocycles. The van der Waals surface area contributed by atoms with E-state index >= 15 is 0 Å². The molecule has 1 aromatic heterocycles. The van der Waals surface area contributed by atoms with Crippen molar-refractivity contribution in [2.75, 3.05) is 20.8 Å². The smallest absolute Gasteiger partial charge is 0.320 e. The Kier molecular flexibility index (Phi) is 5.11. The Balaban J connectivity index is 2.29. The van der Waals surface area contributed by atoms with Gasteiger partial charge >= 0.3 is 6.01 Å². The Bertz CT molecular complexity index is 562. The van der Waals surface area contributed by atoms with Crippen LogP contribution in [0.5, 0.6) is 11.9 Å². The standard InChI is InChI=1S/C16H20N2O3/c1-5-21-11(2)12-6-8-13(9-7-12)14-10-15(19-3)18-16(17-14)20-4/h6-11H,5H2,1-4H3/t11-/m1/s1. The van der Waals surface area contributed by atoms with Crippen molar-refractivity contribution in [2.24, 2.45) is 0 Å². The van der Waals surface area contributed by atoms with Crippen molar-refractivity contribution in [3.05, 3.63) is 35.9 Å². The maximum Gasteiger partial charge on any atom is 0.320 e. The Labute approximate surface area is 124 Å². The maximum atomic E-state index is 5.58. The fourth-order valence-electron chi connectivity index (χ4n) is 2.02. The third-order valence-corrected chi connectivity index (χ3v) is 3.17. The number of methoxy groups -OCH3 is 2. The molecular weight excluding hydrogens is 268 g/mol. The van der Waals surface area contributed by atoms with Gasteiger partial charge in [0.15, 0.2) is 0 Å². The summed E-state index contributed by atoms with van der Waals surface area (Å²) < 4.78 is 15.8. The summed E-state index contributed by atoms with van der Waals surface area (Å²) >= 11 is 0. The molecule has 1 atom stereocenters. The van der Waals surface area contributed by atoms with Gasteiger partial charge in [-0.15, -0.1) is 0 Å². The first kappa shape index (κ1) is 15.3. The van der Waals surface area contributed by atoms with Gasteiger partial charge in [-0.1, -0.05) is 24.3 Å². The molecule has 0 radical (unpaired) electrons. The molecule has 112 valence electrons. The van der Waals surface area contributed by atoms with E-state index in [1.807, 2.05) is 38.1 Å². The number of benzene rings is 1. The predicted octanol–water partition coefficient (Wildman–Crippen LogP) is 3.26. The number of rotatable bonds is 6. The SMILES string of the molecule is CCO[C@H](C)c1ccc(-c2cc(OC)nc(OC)n2)cc1. The summed E-state index contributed by atoms with van der Waals surface area (Å²) in [6, 6.07) is 10.2. The van der Waals surface area contributed by atoms with E-state index in [9.17, 15) is 0 Å². The highest BCUT2D eigenvalue weighted by Gasteiger charge is 2.09. The van der Waals surface area contributed by atoms with E-state index in [0.29, 0.717) is 12.5 Å². The summed E-state index contributed by atoms with van der Waals surface area (Å²) in [5.41, 5.74) is 2.87. The molecule has 5 heteroatoms. The quantitative estimate of drug-likeness (QED) is 0.816. The van der Waals surface area contributed by atoms with E-state index in [4.69, 9.17) is 14.2 Å². The van der Waals surface area contributed by atoms with Gasteiger partial charge in [0.25, 0.3) is 0 Å². The van der Waals surface area contributed by atoms with Crippen LogP contribution in [-0.2, 0) is 4.74 Å². The Morgan fingerprint density at radius 3 is 2.33 bits per heavy atom. The van der Waals surface area contributed by atoms with Crippen LogP contribution in [0.15, 0.2) is 30.3 Å². The second-order valence-electron chi connectivity index (χ2n) is 4.50. The largest absolute Gasteiger partial charge is 0.481 e. The van der Waals surface area contributed by atoms with Gasteiger partial charge in [-0.2, -0.15) is 9.97 Å². The van der Waals surface area contributed by atoms with Crippen molar-refractivity contribution < 1.29 is 14.2 Å². The molecule has 1 heterocycles. The molecule has 0 bridgehead atoms. The number of nitrogens with zero attached hydrogens (tertiary/aromatic N) is 2. The zero-order valence-electron chi connectivity index (χ0n) is 12.8. The van der Waals surface area contributed by atoms with Gasteiger partial charge in [0.1, 0.15) is 0 Å². The van der Waals surface area contributed by atoms with Crippen molar-refractivity contribution in [2.45, 2.75) is 20.0 Å². The van der Waals surface area contributed by atoms with Crippen LogP contribution in [0.2, 0.25) is 0 Å². The highest BCUT2D eigenvalue weighted by atomic mass is 16.5. The Hall–Kier alpha value is -2.14. The minimum atomic E-state index is 0.0820. The fourth-order valence-corrected chi connectivity index (χ4v) is 2.02. The molecule has 0 aliphatic heterocycles. The number of hydrogen-bond donors (Lipinski definition) is 0. The van der Waals surface area contributed by atoms with Gasteiger partial charge < -0.3 is 14.2 Å². The normalized spacial score (nSPS) is 12.0. The van der Waals surface area contributed by atoms with Crippen LogP contribution in [0.3, 0.4) is 0 Å². The van der Waals surface area contributed by atoms with Gasteiger partial charge in [-0.05, 0) is 19.4 Å². The minimum Gasteiger partial charge on any atom is -0.481 e. The number of hydrogen-bond acceptors (Lipinski definition) is 5. The lowest BCUT2D eigenvalue weighted by Crippen LogP contribution is -2.00. The second kappa shape index (κ2) is 7.04. The second-order valence-corrected chi connectivity index (χ2v) is 4.50. The number of aromatic nitrogens is 2. The molecule has 0 fully saturated rings. The van der Waals surface area contributed by atoms with E-state index in [2.05, 4.69) is 9.97 Å². The Morgan fingerprint density at radius 1 is 1.05 bits per heavy atom. The topological polar surface area (TPSA) is 53.5 Å². The maximum absolute atomic E-state index is 5.58. The highest BCUT2D eigenvalue weighted by molar-refractivity contribution is 5.60. The minimum absolute atomic E-state index is 0.0820. The van der Waals surface area contributed by atoms with Crippen LogP contribution in [0, 0.1) is 0 Å². The summed E-state index contributed by atoms with van der Waals surface area (Å²) in [5.74, 6) is 0.476. The molecule has 1 aromatic carbocycles. The van der Waals surface area contributed by atoms with Gasteiger partial charge in [-0.25, -0.2) is 0 Å². The molecule has 0 spiro atoms. The third-order valence-electron chi connectivity index (χ3n) is 3.17. The van der Waals surface area contributed by atoms with E-state index in [-0.39, 0.29) is 12.1 Å². The monoisotopic (exact) mass is 288 g/mol. The van der Waals surface area contributed by atoms with Gasteiger partial charge in [0.2, 0.25) is 5.88 Å². The Morgan fingerprint density at radius 2 is 1.76 bits per heavy atom. The lowest BCUT2D eigenvalue weighted by Gasteiger charge is -2.12. The molecule has 0 amide bonds. The van der Waals surface area contributed by atoms with Gasteiger partial charge in [-0.3, -0.25) is 0 Å². The fraction of sp³-hybridized carbons (Fsp3) is 0.375. The lowest BCUT2D eigenvalue weighted by molar-refractivity contribution is 0.0764. The van der Waals surface area contributed by atoms with E-state index < -0.39 is 0 Å². The number of ether oxygens (including phenoxy) is 3. The first-order chi connectivity index (χ1) is 10.2. The first-order valence-electron chi connectivity index (χ1n) is 6.87. The van der Waals surface area contributed by atoms with Crippen molar-refractivity contribution in [3.63, 3.8) is 0 Å². The average molecular weight is 288 g/mol. The summed E-state index contributed by atoms with van der Waals surface area (Å²) in [6.07, 6.45) is 0.0820. The van der Waals surface area contributed by atoms with Crippen LogP contribution in [0.25, 0.3) is 11.3 Å². The first-order valence-corrected chi connectivity index (χ1v) is 6.87. The molecule has 2 rings (SSSR count). The van der Waals surface area contributed by atoms with Crippen LogP contribution in [0.4, 0.5) is 0 Å². The molecule has 0 N–H and O–H groups in total. The molecule has 5 nitrogen and oxygen atoms in total. The lowest BCUT2D eigenvalue weighted by atomic mass is 10.1. The van der Waals surface area contributed by atoms with Crippen LogP contribution in [-0.4, -0.2) is 30.8 Å². The van der Waals surface area contributed by atoms with Crippen molar-refractivity contribution >= 4 is 0 Å².